The monoisotopic (exact) mass is 332 g/mol. The van der Waals surface area contributed by atoms with Crippen molar-refractivity contribution in [1.82, 2.24) is 0 Å². The number of anilines is 1. The topological polar surface area (TPSA) is 72.2 Å². The molecule has 0 amide bonds. The van der Waals surface area contributed by atoms with Gasteiger partial charge in [-0.1, -0.05) is 60.7 Å². The Kier molecular flexibility index (Phi) is 4.85. The summed E-state index contributed by atoms with van der Waals surface area (Å²) in [5.41, 5.74) is 2.09. The van der Waals surface area contributed by atoms with Crippen LogP contribution in [0.5, 0.6) is 0 Å². The third-order valence-electron chi connectivity index (χ3n) is 3.82. The molecule has 1 N–H and O–H groups in total. The first-order chi connectivity index (χ1) is 12.1. The Balaban J connectivity index is 1.86. The van der Waals surface area contributed by atoms with Crippen molar-refractivity contribution >= 4 is 17.2 Å². The van der Waals surface area contributed by atoms with Gasteiger partial charge in [0.1, 0.15) is 5.69 Å². The molecule has 0 spiro atoms. The summed E-state index contributed by atoms with van der Waals surface area (Å²) in [5, 5.41) is 14.5. The Bertz CT molecular complexity index is 893. The number of benzene rings is 3. The van der Waals surface area contributed by atoms with Crippen molar-refractivity contribution in [2.45, 2.75) is 6.54 Å². The van der Waals surface area contributed by atoms with E-state index in [-0.39, 0.29) is 11.5 Å². The predicted molar refractivity (Wildman–Crippen MR) is 96.7 cm³/mol. The lowest BCUT2D eigenvalue weighted by atomic mass is 10.0. The maximum atomic E-state index is 12.5. The second-order valence-electron chi connectivity index (χ2n) is 5.52. The summed E-state index contributed by atoms with van der Waals surface area (Å²) in [6.07, 6.45) is 0. The van der Waals surface area contributed by atoms with Crippen LogP contribution < -0.4 is 5.32 Å². The minimum atomic E-state index is -0.477. The van der Waals surface area contributed by atoms with Gasteiger partial charge in [0.05, 0.1) is 4.92 Å². The van der Waals surface area contributed by atoms with Gasteiger partial charge < -0.3 is 5.32 Å². The second kappa shape index (κ2) is 7.40. The molecule has 25 heavy (non-hydrogen) atoms. The number of carbonyl (C=O) groups excluding carboxylic acids is 1. The normalized spacial score (nSPS) is 10.2. The van der Waals surface area contributed by atoms with Crippen LogP contribution in [0.25, 0.3) is 0 Å². The molecule has 0 heterocycles. The van der Waals surface area contributed by atoms with E-state index in [2.05, 4.69) is 5.32 Å². The molecule has 3 aromatic rings. The quantitative estimate of drug-likeness (QED) is 0.411. The largest absolute Gasteiger partial charge is 0.375 e. The highest BCUT2D eigenvalue weighted by Gasteiger charge is 2.18. The molecule has 0 unspecified atom stereocenters. The fourth-order valence-corrected chi connectivity index (χ4v) is 2.52. The molecule has 0 atom stereocenters. The average molecular weight is 332 g/mol. The first kappa shape index (κ1) is 16.4. The molecule has 0 saturated heterocycles. The van der Waals surface area contributed by atoms with E-state index < -0.39 is 4.92 Å². The molecule has 5 heteroatoms. The van der Waals surface area contributed by atoms with Gasteiger partial charge >= 0.3 is 0 Å². The number of nitro groups is 1. The van der Waals surface area contributed by atoms with Crippen molar-refractivity contribution in [3.8, 4) is 0 Å². The minimum absolute atomic E-state index is 0.113. The zero-order valence-electron chi connectivity index (χ0n) is 13.4. The number of hydrogen-bond donors (Lipinski definition) is 1. The highest BCUT2D eigenvalue weighted by atomic mass is 16.6. The van der Waals surface area contributed by atoms with E-state index in [1.54, 1.807) is 36.4 Å². The predicted octanol–water partition coefficient (Wildman–Crippen LogP) is 4.44. The summed E-state index contributed by atoms with van der Waals surface area (Å²) >= 11 is 0. The van der Waals surface area contributed by atoms with Gasteiger partial charge in [0.15, 0.2) is 5.78 Å². The molecule has 3 rings (SSSR count). The van der Waals surface area contributed by atoms with Crippen molar-refractivity contribution in [1.29, 1.82) is 0 Å². The van der Waals surface area contributed by atoms with Crippen molar-refractivity contribution in [2.24, 2.45) is 0 Å². The van der Waals surface area contributed by atoms with Crippen LogP contribution in [0.3, 0.4) is 0 Å². The minimum Gasteiger partial charge on any atom is -0.375 e. The average Bonchev–Trinajstić information content (AvgIpc) is 2.67. The second-order valence-corrected chi connectivity index (χ2v) is 5.52. The zero-order chi connectivity index (χ0) is 17.6. The van der Waals surface area contributed by atoms with Crippen LogP contribution in [0.2, 0.25) is 0 Å². The van der Waals surface area contributed by atoms with E-state index in [9.17, 15) is 14.9 Å². The van der Waals surface area contributed by atoms with E-state index in [0.717, 1.165) is 5.56 Å². The molecule has 0 radical (unpaired) electrons. The smallest absolute Gasteiger partial charge is 0.293 e. The maximum Gasteiger partial charge on any atom is 0.293 e. The standard InChI is InChI=1S/C20H16N2O3/c23-20(16-9-5-2-6-10-16)17-11-12-18(19(13-17)22(24)25)21-14-15-7-3-1-4-8-15/h1-13,21H,14H2. The van der Waals surface area contributed by atoms with Gasteiger partial charge in [-0.15, -0.1) is 0 Å². The lowest BCUT2D eigenvalue weighted by Crippen LogP contribution is -2.06. The summed E-state index contributed by atoms with van der Waals surface area (Å²) in [6.45, 7) is 0.466. The Morgan fingerprint density at radius 1 is 0.880 bits per heavy atom. The van der Waals surface area contributed by atoms with Crippen molar-refractivity contribution in [2.75, 3.05) is 5.32 Å². The Hall–Kier alpha value is -3.47. The molecule has 0 saturated carbocycles. The third-order valence-corrected chi connectivity index (χ3v) is 3.82. The van der Waals surface area contributed by atoms with Crippen LogP contribution in [-0.2, 0) is 6.54 Å². The van der Waals surface area contributed by atoms with Crippen molar-refractivity contribution in [3.05, 3.63) is 106 Å². The maximum absolute atomic E-state index is 12.5. The molecular formula is C20H16N2O3. The summed E-state index contributed by atoms with van der Waals surface area (Å²) in [7, 11) is 0. The Morgan fingerprint density at radius 2 is 1.52 bits per heavy atom. The number of nitrogens with zero attached hydrogens (tertiary/aromatic N) is 1. The van der Waals surface area contributed by atoms with Gasteiger partial charge in [-0.05, 0) is 17.7 Å². The highest BCUT2D eigenvalue weighted by Crippen LogP contribution is 2.27. The molecule has 124 valence electrons. The van der Waals surface area contributed by atoms with Crippen LogP contribution in [0.4, 0.5) is 11.4 Å². The molecule has 0 aliphatic rings. The highest BCUT2D eigenvalue weighted by molar-refractivity contribution is 6.09. The Labute approximate surface area is 145 Å². The van der Waals surface area contributed by atoms with E-state index in [1.807, 2.05) is 36.4 Å². The van der Waals surface area contributed by atoms with Crippen molar-refractivity contribution < 1.29 is 9.72 Å². The SMILES string of the molecule is O=C(c1ccccc1)c1ccc(NCc2ccccc2)c([N+](=O)[O-])c1. The zero-order valence-corrected chi connectivity index (χ0v) is 13.4. The summed E-state index contributed by atoms with van der Waals surface area (Å²) in [4.78, 5) is 23.4. The fraction of sp³-hybridized carbons (Fsp3) is 0.0500. The number of rotatable bonds is 6. The molecule has 5 nitrogen and oxygen atoms in total. The van der Waals surface area contributed by atoms with Crippen LogP contribution >= 0.6 is 0 Å². The summed E-state index contributed by atoms with van der Waals surface area (Å²) in [6, 6.07) is 22.8. The molecule has 0 bridgehead atoms. The lowest BCUT2D eigenvalue weighted by molar-refractivity contribution is -0.384. The van der Waals surface area contributed by atoms with Gasteiger partial charge in [0.2, 0.25) is 0 Å². The first-order valence-electron chi connectivity index (χ1n) is 7.81. The summed E-state index contributed by atoms with van der Waals surface area (Å²) in [5.74, 6) is -0.238. The van der Waals surface area contributed by atoms with E-state index in [1.165, 1.54) is 6.07 Å². The number of nitro benzene ring substituents is 1. The number of hydrogen-bond acceptors (Lipinski definition) is 4. The molecule has 3 aromatic carbocycles. The molecule has 0 aliphatic heterocycles. The van der Waals surface area contributed by atoms with Crippen LogP contribution in [-0.4, -0.2) is 10.7 Å². The fourth-order valence-electron chi connectivity index (χ4n) is 2.52. The molecule has 0 fully saturated rings. The van der Waals surface area contributed by atoms with Gasteiger partial charge in [0, 0.05) is 23.7 Å². The van der Waals surface area contributed by atoms with Crippen LogP contribution in [0.1, 0.15) is 21.5 Å². The number of ketones is 1. The number of carbonyl (C=O) groups is 1. The van der Waals surface area contributed by atoms with Gasteiger partial charge in [-0.2, -0.15) is 0 Å². The molecular weight excluding hydrogens is 316 g/mol. The first-order valence-corrected chi connectivity index (χ1v) is 7.81. The molecule has 0 aliphatic carbocycles. The van der Waals surface area contributed by atoms with E-state index >= 15 is 0 Å². The van der Waals surface area contributed by atoms with E-state index in [4.69, 9.17) is 0 Å². The Morgan fingerprint density at radius 3 is 2.16 bits per heavy atom. The van der Waals surface area contributed by atoms with E-state index in [0.29, 0.717) is 23.4 Å². The van der Waals surface area contributed by atoms with Crippen LogP contribution in [0, 0.1) is 10.1 Å². The number of nitrogens with one attached hydrogen (secondary N) is 1. The van der Waals surface area contributed by atoms with Crippen LogP contribution in [0.15, 0.2) is 78.9 Å². The van der Waals surface area contributed by atoms with Gasteiger partial charge in [-0.3, -0.25) is 14.9 Å². The third kappa shape index (κ3) is 3.90. The lowest BCUT2D eigenvalue weighted by Gasteiger charge is -2.09. The van der Waals surface area contributed by atoms with Crippen molar-refractivity contribution in [3.63, 3.8) is 0 Å². The summed E-state index contributed by atoms with van der Waals surface area (Å²) < 4.78 is 0. The molecule has 0 aromatic heterocycles. The van der Waals surface area contributed by atoms with Gasteiger partial charge in [-0.25, -0.2) is 0 Å². The van der Waals surface area contributed by atoms with Gasteiger partial charge in [0.25, 0.3) is 5.69 Å².